The van der Waals surface area contributed by atoms with Crippen molar-refractivity contribution in [3.8, 4) is 0 Å². The molecule has 0 unspecified atom stereocenters. The van der Waals surface area contributed by atoms with Gasteiger partial charge in [0, 0.05) is 0 Å². The molecule has 7 heteroatoms. The Kier molecular flexibility index (Phi) is 6.32. The molecule has 0 aliphatic heterocycles. The fourth-order valence-electron chi connectivity index (χ4n) is 1.61. The second-order valence-corrected chi connectivity index (χ2v) is 4.21. The van der Waals surface area contributed by atoms with Gasteiger partial charge in [0.2, 0.25) is 5.91 Å². The van der Waals surface area contributed by atoms with Gasteiger partial charge in [-0.15, -0.1) is 0 Å². The Hall–Kier alpha value is -2.44. The van der Waals surface area contributed by atoms with Crippen LogP contribution in [0.2, 0.25) is 0 Å². The molecule has 0 saturated carbocycles. The molecule has 0 heterocycles. The third-order valence-corrected chi connectivity index (χ3v) is 2.69. The van der Waals surface area contributed by atoms with Crippen LogP contribution in [-0.2, 0) is 30.3 Å². The highest BCUT2D eigenvalue weighted by atomic mass is 19.1. The number of amides is 1. The van der Waals surface area contributed by atoms with Gasteiger partial charge in [0.1, 0.15) is 18.9 Å². The molecule has 0 aliphatic carbocycles. The van der Waals surface area contributed by atoms with E-state index in [4.69, 9.17) is 0 Å². The van der Waals surface area contributed by atoms with Gasteiger partial charge in [-0.3, -0.25) is 14.4 Å². The van der Waals surface area contributed by atoms with E-state index in [-0.39, 0.29) is 19.5 Å². The summed E-state index contributed by atoms with van der Waals surface area (Å²) < 4.78 is 22.0. The topological polar surface area (TPSA) is 72.9 Å². The zero-order chi connectivity index (χ0) is 15.8. The molecule has 0 aliphatic rings. The van der Waals surface area contributed by atoms with Gasteiger partial charge in [0.15, 0.2) is 0 Å². The summed E-state index contributed by atoms with van der Waals surface area (Å²) in [6.45, 7) is -0.750. The van der Waals surface area contributed by atoms with Gasteiger partial charge in [-0.05, 0) is 17.7 Å². The van der Waals surface area contributed by atoms with Crippen LogP contribution in [0.15, 0.2) is 24.3 Å². The lowest BCUT2D eigenvalue weighted by atomic mass is 10.1. The van der Waals surface area contributed by atoms with Crippen molar-refractivity contribution in [1.82, 2.24) is 4.90 Å². The molecule has 0 saturated heterocycles. The smallest absolute Gasteiger partial charge is 0.325 e. The van der Waals surface area contributed by atoms with E-state index in [9.17, 15) is 18.8 Å². The normalized spacial score (nSPS) is 9.86. The van der Waals surface area contributed by atoms with Crippen LogP contribution >= 0.6 is 0 Å². The van der Waals surface area contributed by atoms with E-state index in [0.29, 0.717) is 5.56 Å². The van der Waals surface area contributed by atoms with Crippen LogP contribution in [0.4, 0.5) is 4.39 Å². The third kappa shape index (κ3) is 5.60. The largest absolute Gasteiger partial charge is 0.468 e. The van der Waals surface area contributed by atoms with Crippen LogP contribution in [0.1, 0.15) is 5.56 Å². The van der Waals surface area contributed by atoms with E-state index in [2.05, 4.69) is 9.47 Å². The maximum absolute atomic E-state index is 13.1. The molecule has 1 aromatic rings. The first-order valence-electron chi connectivity index (χ1n) is 6.12. The van der Waals surface area contributed by atoms with Crippen LogP contribution in [0.5, 0.6) is 0 Å². The molecule has 0 bridgehead atoms. The Labute approximate surface area is 121 Å². The van der Waals surface area contributed by atoms with Crippen LogP contribution in [-0.4, -0.2) is 50.1 Å². The minimum Gasteiger partial charge on any atom is -0.468 e. The summed E-state index contributed by atoms with van der Waals surface area (Å²) in [5, 5.41) is 0. The summed E-state index contributed by atoms with van der Waals surface area (Å²) in [7, 11) is 2.35. The molecule has 1 rings (SSSR count). The molecule has 114 valence electrons. The lowest BCUT2D eigenvalue weighted by Crippen LogP contribution is -2.41. The predicted octanol–water partition coefficient (Wildman–Crippen LogP) is 0.543. The number of halogens is 1. The monoisotopic (exact) mass is 297 g/mol. The van der Waals surface area contributed by atoms with Crippen molar-refractivity contribution in [2.24, 2.45) is 0 Å². The quantitative estimate of drug-likeness (QED) is 0.717. The number of carbonyl (C=O) groups excluding carboxylic acids is 3. The van der Waals surface area contributed by atoms with Crippen molar-refractivity contribution >= 4 is 17.8 Å². The van der Waals surface area contributed by atoms with E-state index in [0.717, 1.165) is 4.90 Å². The Morgan fingerprint density at radius 1 is 1.10 bits per heavy atom. The number of esters is 2. The summed E-state index contributed by atoms with van der Waals surface area (Å²) >= 11 is 0. The zero-order valence-electron chi connectivity index (χ0n) is 11.8. The Morgan fingerprint density at radius 3 is 2.14 bits per heavy atom. The van der Waals surface area contributed by atoms with Crippen molar-refractivity contribution < 1.29 is 28.2 Å². The number of hydrogen-bond donors (Lipinski definition) is 0. The third-order valence-electron chi connectivity index (χ3n) is 2.69. The second kappa shape index (κ2) is 7.98. The van der Waals surface area contributed by atoms with Gasteiger partial charge in [-0.2, -0.15) is 0 Å². The average molecular weight is 297 g/mol. The molecule has 6 nitrogen and oxygen atoms in total. The minimum absolute atomic E-state index is 0.133. The van der Waals surface area contributed by atoms with Crippen LogP contribution < -0.4 is 0 Å². The lowest BCUT2D eigenvalue weighted by Gasteiger charge is -2.20. The minimum atomic E-state index is -0.661. The fraction of sp³-hybridized carbons (Fsp3) is 0.357. The summed E-state index contributed by atoms with van der Waals surface area (Å²) in [5.41, 5.74) is 0.444. The lowest BCUT2D eigenvalue weighted by molar-refractivity contribution is -0.151. The van der Waals surface area contributed by atoms with Crippen LogP contribution in [0, 0.1) is 5.82 Å². The molecule has 0 fully saturated rings. The molecule has 0 N–H and O–H groups in total. The molecule has 0 spiro atoms. The summed E-state index contributed by atoms with van der Waals surface area (Å²) in [4.78, 5) is 35.7. The molecule has 1 amide bonds. The zero-order valence-corrected chi connectivity index (χ0v) is 11.8. The Morgan fingerprint density at radius 2 is 1.67 bits per heavy atom. The SMILES string of the molecule is COC(=O)CN(CC(=O)OC)C(=O)Cc1cccc(F)c1. The number of carbonyl (C=O) groups is 3. The van der Waals surface area contributed by atoms with Crippen molar-refractivity contribution in [3.63, 3.8) is 0 Å². The maximum atomic E-state index is 13.1. The first-order chi connectivity index (χ1) is 9.96. The summed E-state index contributed by atoms with van der Waals surface area (Å²) in [6, 6.07) is 5.53. The number of benzene rings is 1. The van der Waals surface area contributed by atoms with Gasteiger partial charge in [0.25, 0.3) is 0 Å². The van der Waals surface area contributed by atoms with E-state index in [1.807, 2.05) is 0 Å². The van der Waals surface area contributed by atoms with Gasteiger partial charge in [-0.1, -0.05) is 12.1 Å². The highest BCUT2D eigenvalue weighted by Gasteiger charge is 2.21. The highest BCUT2D eigenvalue weighted by molar-refractivity contribution is 5.87. The van der Waals surface area contributed by atoms with Crippen molar-refractivity contribution in [3.05, 3.63) is 35.6 Å². The first kappa shape index (κ1) is 16.6. The summed E-state index contributed by atoms with van der Waals surface area (Å²) in [6.07, 6.45) is -0.133. The van der Waals surface area contributed by atoms with E-state index < -0.39 is 23.7 Å². The Bertz CT molecular complexity index is 514. The van der Waals surface area contributed by atoms with Crippen molar-refractivity contribution in [2.45, 2.75) is 6.42 Å². The van der Waals surface area contributed by atoms with Crippen LogP contribution in [0.25, 0.3) is 0 Å². The first-order valence-corrected chi connectivity index (χ1v) is 6.12. The van der Waals surface area contributed by atoms with Gasteiger partial charge in [0.05, 0.1) is 20.6 Å². The Balaban J connectivity index is 2.78. The van der Waals surface area contributed by atoms with Gasteiger partial charge < -0.3 is 14.4 Å². The fourth-order valence-corrected chi connectivity index (χ4v) is 1.61. The summed E-state index contributed by atoms with van der Waals surface area (Å²) in [5.74, 6) is -2.29. The molecular formula is C14H16FNO5. The molecule has 1 aromatic carbocycles. The number of methoxy groups -OCH3 is 2. The number of nitrogens with zero attached hydrogens (tertiary/aromatic N) is 1. The molecular weight excluding hydrogens is 281 g/mol. The van der Waals surface area contributed by atoms with Gasteiger partial charge >= 0.3 is 11.9 Å². The highest BCUT2D eigenvalue weighted by Crippen LogP contribution is 2.06. The second-order valence-electron chi connectivity index (χ2n) is 4.21. The molecule has 0 atom stereocenters. The standard InChI is InChI=1S/C14H16FNO5/c1-20-13(18)8-16(9-14(19)21-2)12(17)7-10-4-3-5-11(15)6-10/h3-6H,7-9H2,1-2H3. The van der Waals surface area contributed by atoms with Crippen molar-refractivity contribution in [2.75, 3.05) is 27.3 Å². The molecule has 0 radical (unpaired) electrons. The van der Waals surface area contributed by atoms with E-state index in [1.54, 1.807) is 6.07 Å². The van der Waals surface area contributed by atoms with E-state index >= 15 is 0 Å². The number of hydrogen-bond acceptors (Lipinski definition) is 5. The maximum Gasteiger partial charge on any atom is 0.325 e. The van der Waals surface area contributed by atoms with Crippen molar-refractivity contribution in [1.29, 1.82) is 0 Å². The predicted molar refractivity (Wildman–Crippen MR) is 70.7 cm³/mol. The number of rotatable bonds is 6. The van der Waals surface area contributed by atoms with E-state index in [1.165, 1.54) is 32.4 Å². The molecule has 21 heavy (non-hydrogen) atoms. The average Bonchev–Trinajstić information content (AvgIpc) is 2.46. The van der Waals surface area contributed by atoms with Gasteiger partial charge in [-0.25, -0.2) is 4.39 Å². The molecule has 0 aromatic heterocycles. The number of ether oxygens (including phenoxy) is 2. The van der Waals surface area contributed by atoms with Crippen LogP contribution in [0.3, 0.4) is 0 Å².